The Bertz CT molecular complexity index is 526. The molecule has 0 fully saturated rings. The van der Waals surface area contributed by atoms with E-state index in [0.29, 0.717) is 25.3 Å². The number of hydrogen-bond donors (Lipinski definition) is 1. The van der Waals surface area contributed by atoms with E-state index in [-0.39, 0.29) is 16.5 Å². The second-order valence-corrected chi connectivity index (χ2v) is 4.75. The van der Waals surface area contributed by atoms with Gasteiger partial charge in [0.15, 0.2) is 0 Å². The summed E-state index contributed by atoms with van der Waals surface area (Å²) in [6.45, 7) is 9.13. The van der Waals surface area contributed by atoms with Crippen LogP contribution in [0.15, 0.2) is 11.0 Å². The van der Waals surface area contributed by atoms with Crippen LogP contribution in [0, 0.1) is 0 Å². The highest BCUT2D eigenvalue weighted by molar-refractivity contribution is 6.33. The van der Waals surface area contributed by atoms with Gasteiger partial charge in [-0.15, -0.1) is 0 Å². The van der Waals surface area contributed by atoms with Crippen LogP contribution in [0.25, 0.3) is 0 Å². The molecular formula is C13H21ClN4O2. The number of likely N-dealkylation sites (N-methyl/N-ethyl adjacent to an activating group) is 1. The summed E-state index contributed by atoms with van der Waals surface area (Å²) in [4.78, 5) is 25.7. The molecule has 20 heavy (non-hydrogen) atoms. The monoisotopic (exact) mass is 300 g/mol. The number of anilines is 1. The highest BCUT2D eigenvalue weighted by Crippen LogP contribution is 2.16. The summed E-state index contributed by atoms with van der Waals surface area (Å²) in [5.41, 5.74) is 0.0241. The van der Waals surface area contributed by atoms with Gasteiger partial charge in [0, 0.05) is 19.6 Å². The van der Waals surface area contributed by atoms with E-state index >= 15 is 0 Å². The van der Waals surface area contributed by atoms with Crippen LogP contribution < -0.4 is 10.9 Å². The van der Waals surface area contributed by atoms with E-state index in [1.165, 1.54) is 10.9 Å². The molecule has 0 bridgehead atoms. The summed E-state index contributed by atoms with van der Waals surface area (Å²) in [6, 6.07) is -0.467. The van der Waals surface area contributed by atoms with Crippen LogP contribution in [0.1, 0.15) is 27.7 Å². The number of aryl methyl sites for hydroxylation is 1. The molecule has 7 heteroatoms. The first kappa shape index (κ1) is 16.5. The molecule has 1 unspecified atom stereocenters. The normalized spacial score (nSPS) is 12.1. The van der Waals surface area contributed by atoms with E-state index in [4.69, 9.17) is 11.6 Å². The molecule has 1 rings (SSSR count). The van der Waals surface area contributed by atoms with E-state index in [1.807, 2.05) is 20.8 Å². The first-order valence-electron chi connectivity index (χ1n) is 6.77. The van der Waals surface area contributed by atoms with Crippen molar-refractivity contribution < 1.29 is 4.79 Å². The van der Waals surface area contributed by atoms with Crippen LogP contribution >= 0.6 is 11.6 Å². The average molecular weight is 301 g/mol. The molecule has 0 aliphatic rings. The molecule has 1 atom stereocenters. The zero-order valence-corrected chi connectivity index (χ0v) is 13.1. The number of nitrogens with zero attached hydrogens (tertiary/aromatic N) is 3. The van der Waals surface area contributed by atoms with E-state index in [2.05, 4.69) is 10.4 Å². The van der Waals surface area contributed by atoms with Crippen molar-refractivity contribution in [3.63, 3.8) is 0 Å². The van der Waals surface area contributed by atoms with Crippen molar-refractivity contribution in [2.45, 2.75) is 40.3 Å². The first-order chi connectivity index (χ1) is 9.46. The minimum atomic E-state index is -0.467. The summed E-state index contributed by atoms with van der Waals surface area (Å²) in [7, 11) is 0. The third-order valence-corrected chi connectivity index (χ3v) is 3.47. The molecule has 0 saturated carbocycles. The van der Waals surface area contributed by atoms with Crippen molar-refractivity contribution in [3.8, 4) is 0 Å². The van der Waals surface area contributed by atoms with Gasteiger partial charge in [-0.2, -0.15) is 5.10 Å². The lowest BCUT2D eigenvalue weighted by molar-refractivity contribution is -0.131. The van der Waals surface area contributed by atoms with Gasteiger partial charge in [-0.1, -0.05) is 11.6 Å². The number of rotatable bonds is 6. The largest absolute Gasteiger partial charge is 0.371 e. The Morgan fingerprint density at radius 1 is 1.45 bits per heavy atom. The lowest BCUT2D eigenvalue weighted by atomic mass is 10.2. The molecule has 0 radical (unpaired) electrons. The molecular weight excluding hydrogens is 280 g/mol. The third-order valence-electron chi connectivity index (χ3n) is 3.10. The van der Waals surface area contributed by atoms with Gasteiger partial charge in [0.2, 0.25) is 5.91 Å². The van der Waals surface area contributed by atoms with Gasteiger partial charge in [0.25, 0.3) is 5.56 Å². The smallest absolute Gasteiger partial charge is 0.287 e. The molecule has 6 nitrogen and oxygen atoms in total. The van der Waals surface area contributed by atoms with Crippen LogP contribution in [0.2, 0.25) is 5.02 Å². The Labute approximate surface area is 123 Å². The molecule has 1 aromatic heterocycles. The summed E-state index contributed by atoms with van der Waals surface area (Å²) >= 11 is 6.01. The van der Waals surface area contributed by atoms with Crippen molar-refractivity contribution in [2.24, 2.45) is 0 Å². The second kappa shape index (κ2) is 7.28. The summed E-state index contributed by atoms with van der Waals surface area (Å²) < 4.78 is 1.27. The molecule has 1 N–H and O–H groups in total. The first-order valence-corrected chi connectivity index (χ1v) is 7.14. The predicted molar refractivity (Wildman–Crippen MR) is 80.2 cm³/mol. The van der Waals surface area contributed by atoms with Crippen LogP contribution in [0.4, 0.5) is 5.69 Å². The fraction of sp³-hybridized carbons (Fsp3) is 0.615. The highest BCUT2D eigenvalue weighted by atomic mass is 35.5. The maximum absolute atomic E-state index is 12.1. The Morgan fingerprint density at radius 3 is 2.55 bits per heavy atom. The molecule has 0 aliphatic heterocycles. The fourth-order valence-electron chi connectivity index (χ4n) is 1.90. The van der Waals surface area contributed by atoms with Crippen molar-refractivity contribution in [1.29, 1.82) is 0 Å². The minimum Gasteiger partial charge on any atom is -0.371 e. The zero-order valence-electron chi connectivity index (χ0n) is 12.3. The molecule has 0 spiro atoms. The Kier molecular flexibility index (Phi) is 6.01. The summed E-state index contributed by atoms with van der Waals surface area (Å²) in [6.07, 6.45) is 1.47. The van der Waals surface area contributed by atoms with Gasteiger partial charge in [0.05, 0.1) is 11.9 Å². The van der Waals surface area contributed by atoms with Crippen molar-refractivity contribution in [1.82, 2.24) is 14.7 Å². The van der Waals surface area contributed by atoms with Crippen LogP contribution in [0.5, 0.6) is 0 Å². The molecule has 0 aromatic carbocycles. The van der Waals surface area contributed by atoms with Crippen LogP contribution in [0.3, 0.4) is 0 Å². The number of hydrogen-bond acceptors (Lipinski definition) is 4. The van der Waals surface area contributed by atoms with Crippen LogP contribution in [-0.2, 0) is 11.3 Å². The fourth-order valence-corrected chi connectivity index (χ4v) is 2.10. The van der Waals surface area contributed by atoms with Gasteiger partial charge in [-0.3, -0.25) is 9.59 Å². The molecule has 1 amide bonds. The van der Waals surface area contributed by atoms with Crippen molar-refractivity contribution in [2.75, 3.05) is 18.4 Å². The molecule has 0 aliphatic carbocycles. The maximum atomic E-state index is 12.1. The minimum absolute atomic E-state index is 0.0364. The van der Waals surface area contributed by atoms with Gasteiger partial charge in [0.1, 0.15) is 11.1 Å². The van der Waals surface area contributed by atoms with E-state index in [0.717, 1.165) is 0 Å². The lowest BCUT2D eigenvalue weighted by Crippen LogP contribution is -2.41. The van der Waals surface area contributed by atoms with Gasteiger partial charge < -0.3 is 10.2 Å². The number of carbonyl (C=O) groups excluding carboxylic acids is 1. The molecule has 0 saturated heterocycles. The average Bonchev–Trinajstić information content (AvgIpc) is 2.45. The number of nitrogens with one attached hydrogen (secondary N) is 1. The Balaban J connectivity index is 2.91. The molecule has 112 valence electrons. The number of aromatic nitrogens is 2. The van der Waals surface area contributed by atoms with E-state index < -0.39 is 6.04 Å². The number of amides is 1. The third kappa shape index (κ3) is 3.50. The highest BCUT2D eigenvalue weighted by Gasteiger charge is 2.19. The number of halogens is 1. The molecule has 1 heterocycles. The van der Waals surface area contributed by atoms with Crippen molar-refractivity contribution in [3.05, 3.63) is 21.6 Å². The van der Waals surface area contributed by atoms with Crippen LogP contribution in [-0.4, -0.2) is 39.7 Å². The Hall–Kier alpha value is -1.56. The molecule has 1 aromatic rings. The SMILES string of the molecule is CCN(CC)C(=O)C(C)Nc1cnn(CC)c(=O)c1Cl. The van der Waals surface area contributed by atoms with Gasteiger partial charge in [-0.25, -0.2) is 4.68 Å². The standard InChI is InChI=1S/C13H21ClN4O2/c1-5-17(6-2)12(19)9(4)16-10-8-15-18(7-3)13(20)11(10)14/h8-9,16H,5-7H2,1-4H3. The summed E-state index contributed by atoms with van der Waals surface area (Å²) in [5.74, 6) is -0.0364. The lowest BCUT2D eigenvalue weighted by Gasteiger charge is -2.24. The zero-order chi connectivity index (χ0) is 15.3. The maximum Gasteiger partial charge on any atom is 0.287 e. The van der Waals surface area contributed by atoms with Crippen molar-refractivity contribution >= 4 is 23.2 Å². The van der Waals surface area contributed by atoms with Gasteiger partial charge in [-0.05, 0) is 27.7 Å². The second-order valence-electron chi connectivity index (χ2n) is 4.37. The van der Waals surface area contributed by atoms with Gasteiger partial charge >= 0.3 is 0 Å². The topological polar surface area (TPSA) is 67.2 Å². The predicted octanol–water partition coefficient (Wildman–Crippen LogP) is 1.59. The Morgan fingerprint density at radius 2 is 2.05 bits per heavy atom. The quantitative estimate of drug-likeness (QED) is 0.866. The number of carbonyl (C=O) groups is 1. The van der Waals surface area contributed by atoms with E-state index in [1.54, 1.807) is 11.8 Å². The summed E-state index contributed by atoms with van der Waals surface area (Å²) in [5, 5.41) is 7.00. The van der Waals surface area contributed by atoms with E-state index in [9.17, 15) is 9.59 Å².